The summed E-state index contributed by atoms with van der Waals surface area (Å²) in [5, 5.41) is 11.0. The van der Waals surface area contributed by atoms with Crippen LogP contribution in [0.3, 0.4) is 0 Å². The molecule has 1 heterocycles. The van der Waals surface area contributed by atoms with Gasteiger partial charge in [0.2, 0.25) is 0 Å². The average Bonchev–Trinajstić information content (AvgIpc) is 2.35. The number of hydrogen-bond acceptors (Lipinski definition) is 4. The van der Waals surface area contributed by atoms with Crippen LogP contribution in [-0.4, -0.2) is 14.9 Å². The van der Waals surface area contributed by atoms with Crippen LogP contribution < -0.4 is 0 Å². The van der Waals surface area contributed by atoms with Gasteiger partial charge in [-0.3, -0.25) is 10.1 Å². The van der Waals surface area contributed by atoms with Crippen molar-refractivity contribution in [2.75, 3.05) is 0 Å². The number of aromatic nitrogens is 2. The second-order valence-corrected chi connectivity index (χ2v) is 4.21. The fourth-order valence-electron chi connectivity index (χ4n) is 1.46. The molecule has 6 heteroatoms. The zero-order chi connectivity index (χ0) is 13.3. The van der Waals surface area contributed by atoms with E-state index in [0.717, 1.165) is 11.3 Å². The van der Waals surface area contributed by atoms with Crippen molar-refractivity contribution >= 4 is 17.3 Å². The van der Waals surface area contributed by atoms with Crippen LogP contribution in [0.15, 0.2) is 24.3 Å². The molecule has 0 fully saturated rings. The molecule has 0 saturated heterocycles. The lowest BCUT2D eigenvalue weighted by Gasteiger charge is -2.05. The Balaban J connectivity index is 2.46. The number of benzene rings is 1. The van der Waals surface area contributed by atoms with Crippen molar-refractivity contribution in [1.29, 1.82) is 0 Å². The molecule has 0 aliphatic carbocycles. The number of halogens is 1. The van der Waals surface area contributed by atoms with E-state index in [-0.39, 0.29) is 5.69 Å². The van der Waals surface area contributed by atoms with Crippen molar-refractivity contribution in [3.63, 3.8) is 0 Å². The van der Waals surface area contributed by atoms with Crippen molar-refractivity contribution < 1.29 is 4.92 Å². The number of nitro benzene ring substituents is 1. The van der Waals surface area contributed by atoms with E-state index in [9.17, 15) is 10.1 Å². The molecule has 0 saturated carbocycles. The molecule has 0 aliphatic rings. The van der Waals surface area contributed by atoms with Gasteiger partial charge in [0, 0.05) is 29.0 Å². The average molecular weight is 264 g/mol. The smallest absolute Gasteiger partial charge is 0.258 e. The van der Waals surface area contributed by atoms with E-state index in [4.69, 9.17) is 11.6 Å². The Morgan fingerprint density at radius 2 is 1.78 bits per heavy atom. The van der Waals surface area contributed by atoms with Gasteiger partial charge in [-0.15, -0.1) is 0 Å². The van der Waals surface area contributed by atoms with Crippen molar-refractivity contribution in [2.24, 2.45) is 0 Å². The van der Waals surface area contributed by atoms with Crippen molar-refractivity contribution in [3.05, 3.63) is 50.8 Å². The highest BCUT2D eigenvalue weighted by Gasteiger charge is 2.10. The van der Waals surface area contributed by atoms with Gasteiger partial charge in [0.25, 0.3) is 5.69 Å². The molecule has 92 valence electrons. The predicted molar refractivity (Wildman–Crippen MR) is 68.6 cm³/mol. The number of nitrogens with zero attached hydrogens (tertiary/aromatic N) is 3. The van der Waals surface area contributed by atoms with Gasteiger partial charge in [0.05, 0.1) is 4.92 Å². The first-order chi connectivity index (χ1) is 8.49. The van der Waals surface area contributed by atoms with E-state index >= 15 is 0 Å². The van der Waals surface area contributed by atoms with E-state index in [2.05, 4.69) is 9.97 Å². The molecule has 0 unspecified atom stereocenters. The predicted octanol–water partition coefficient (Wildman–Crippen LogP) is 3.32. The number of non-ortho nitro benzene ring substituents is 1. The minimum Gasteiger partial charge on any atom is -0.258 e. The molecule has 0 aliphatic heterocycles. The Morgan fingerprint density at radius 1 is 1.17 bits per heavy atom. The molecule has 2 rings (SSSR count). The molecule has 0 atom stereocenters. The van der Waals surface area contributed by atoms with Crippen LogP contribution in [0.2, 0.25) is 5.15 Å². The third kappa shape index (κ3) is 2.31. The summed E-state index contributed by atoms with van der Waals surface area (Å²) >= 11 is 5.99. The molecule has 0 amide bonds. The molecule has 5 nitrogen and oxygen atoms in total. The van der Waals surface area contributed by atoms with Crippen LogP contribution in [0.1, 0.15) is 11.3 Å². The molecule has 0 bridgehead atoms. The maximum absolute atomic E-state index is 10.6. The lowest BCUT2D eigenvalue weighted by atomic mass is 10.2. The summed E-state index contributed by atoms with van der Waals surface area (Å²) in [4.78, 5) is 18.6. The molecular formula is C12H10ClN3O2. The van der Waals surface area contributed by atoms with Gasteiger partial charge in [-0.1, -0.05) is 11.6 Å². The summed E-state index contributed by atoms with van der Waals surface area (Å²) < 4.78 is 0. The van der Waals surface area contributed by atoms with Gasteiger partial charge >= 0.3 is 0 Å². The van der Waals surface area contributed by atoms with E-state index in [1.807, 2.05) is 13.8 Å². The third-order valence-corrected chi connectivity index (χ3v) is 3.03. The Bertz CT molecular complexity index is 588. The van der Waals surface area contributed by atoms with Crippen molar-refractivity contribution in [1.82, 2.24) is 9.97 Å². The molecule has 18 heavy (non-hydrogen) atoms. The Morgan fingerprint density at radius 3 is 2.28 bits per heavy atom. The van der Waals surface area contributed by atoms with Gasteiger partial charge in [0.15, 0.2) is 5.82 Å². The lowest BCUT2D eigenvalue weighted by molar-refractivity contribution is -0.384. The van der Waals surface area contributed by atoms with Gasteiger partial charge in [0.1, 0.15) is 5.15 Å². The highest BCUT2D eigenvalue weighted by atomic mass is 35.5. The molecule has 0 spiro atoms. The molecule has 2 aromatic rings. The summed E-state index contributed by atoms with van der Waals surface area (Å²) in [6.45, 7) is 3.69. The van der Waals surface area contributed by atoms with Crippen molar-refractivity contribution in [3.8, 4) is 11.4 Å². The Hall–Kier alpha value is -2.01. The minimum atomic E-state index is -0.446. The summed E-state index contributed by atoms with van der Waals surface area (Å²) in [7, 11) is 0. The van der Waals surface area contributed by atoms with E-state index in [1.165, 1.54) is 12.1 Å². The molecule has 0 N–H and O–H groups in total. The van der Waals surface area contributed by atoms with E-state index in [1.54, 1.807) is 12.1 Å². The maximum Gasteiger partial charge on any atom is 0.269 e. The van der Waals surface area contributed by atoms with Gasteiger partial charge in [-0.25, -0.2) is 9.97 Å². The fourth-order valence-corrected chi connectivity index (χ4v) is 1.67. The zero-order valence-corrected chi connectivity index (χ0v) is 10.6. The monoisotopic (exact) mass is 263 g/mol. The fraction of sp³-hybridized carbons (Fsp3) is 0.167. The first-order valence-electron chi connectivity index (χ1n) is 5.24. The van der Waals surface area contributed by atoms with Crippen LogP contribution >= 0.6 is 11.6 Å². The normalized spacial score (nSPS) is 10.4. The number of rotatable bonds is 2. The highest BCUT2D eigenvalue weighted by molar-refractivity contribution is 6.30. The topological polar surface area (TPSA) is 68.9 Å². The van der Waals surface area contributed by atoms with Crippen molar-refractivity contribution in [2.45, 2.75) is 13.8 Å². The Kier molecular flexibility index (Phi) is 3.25. The van der Waals surface area contributed by atoms with Crippen LogP contribution in [0.25, 0.3) is 11.4 Å². The lowest BCUT2D eigenvalue weighted by Crippen LogP contribution is -1.96. The maximum atomic E-state index is 10.6. The third-order valence-electron chi connectivity index (χ3n) is 2.67. The SMILES string of the molecule is Cc1nc(-c2ccc([N+](=O)[O-])cc2)nc(Cl)c1C. The van der Waals surface area contributed by atoms with Crippen LogP contribution in [0, 0.1) is 24.0 Å². The second kappa shape index (κ2) is 4.70. The molecule has 0 radical (unpaired) electrons. The van der Waals surface area contributed by atoms with Crippen LogP contribution in [-0.2, 0) is 0 Å². The second-order valence-electron chi connectivity index (χ2n) is 3.85. The summed E-state index contributed by atoms with van der Waals surface area (Å²) in [5.74, 6) is 0.470. The quantitative estimate of drug-likeness (QED) is 0.473. The van der Waals surface area contributed by atoms with E-state index < -0.39 is 4.92 Å². The Labute approximate surface area is 109 Å². The van der Waals surface area contributed by atoms with Crippen LogP contribution in [0.4, 0.5) is 5.69 Å². The van der Waals surface area contributed by atoms with Crippen LogP contribution in [0.5, 0.6) is 0 Å². The highest BCUT2D eigenvalue weighted by Crippen LogP contribution is 2.23. The number of nitro groups is 1. The summed E-state index contributed by atoms with van der Waals surface area (Å²) in [6, 6.07) is 6.06. The summed E-state index contributed by atoms with van der Waals surface area (Å²) in [6.07, 6.45) is 0. The van der Waals surface area contributed by atoms with E-state index in [0.29, 0.717) is 16.5 Å². The van der Waals surface area contributed by atoms with Gasteiger partial charge < -0.3 is 0 Å². The minimum absolute atomic E-state index is 0.0358. The zero-order valence-electron chi connectivity index (χ0n) is 9.85. The molecular weight excluding hydrogens is 254 g/mol. The molecule has 1 aromatic carbocycles. The largest absolute Gasteiger partial charge is 0.269 e. The van der Waals surface area contributed by atoms with Gasteiger partial charge in [-0.2, -0.15) is 0 Å². The molecule has 1 aromatic heterocycles. The number of aryl methyl sites for hydroxylation is 1. The first-order valence-corrected chi connectivity index (χ1v) is 5.62. The summed E-state index contributed by atoms with van der Waals surface area (Å²) in [5.41, 5.74) is 2.37. The first kappa shape index (κ1) is 12.4. The number of hydrogen-bond donors (Lipinski definition) is 0. The standard InChI is InChI=1S/C12H10ClN3O2/c1-7-8(2)14-12(15-11(7)13)9-3-5-10(6-4-9)16(17)18/h3-6H,1-2H3. The van der Waals surface area contributed by atoms with Gasteiger partial charge in [-0.05, 0) is 26.0 Å².